The highest BCUT2D eigenvalue weighted by Crippen LogP contribution is 2.35. The second-order valence-corrected chi connectivity index (χ2v) is 7.76. The molecule has 5 rings (SSSR count). The number of aryl methyl sites for hydroxylation is 2. The predicted molar refractivity (Wildman–Crippen MR) is 111 cm³/mol. The van der Waals surface area contributed by atoms with Crippen molar-refractivity contribution in [3.8, 4) is 16.6 Å². The largest absolute Gasteiger partial charge is 0.299 e. The lowest BCUT2D eigenvalue weighted by Gasteiger charge is -2.00. The number of hydrogen-bond acceptors (Lipinski definition) is 6. The van der Waals surface area contributed by atoms with Gasteiger partial charge in [0.1, 0.15) is 22.0 Å². The van der Waals surface area contributed by atoms with Crippen LogP contribution in [0, 0.1) is 30.6 Å². The van der Waals surface area contributed by atoms with Crippen molar-refractivity contribution >= 4 is 33.5 Å². The lowest BCUT2D eigenvalue weighted by atomic mass is 10.1. The van der Waals surface area contributed by atoms with Crippen molar-refractivity contribution in [3.63, 3.8) is 0 Å². The first-order chi connectivity index (χ1) is 14.0. The zero-order valence-corrected chi connectivity index (χ0v) is 16.4. The fraction of sp³-hybridized carbons (Fsp3) is 0.0952. The average molecular weight is 398 g/mol. The van der Waals surface area contributed by atoms with Crippen LogP contribution in [-0.4, -0.2) is 9.03 Å². The van der Waals surface area contributed by atoms with E-state index in [-0.39, 0.29) is 21.5 Å². The lowest BCUT2D eigenvalue weighted by molar-refractivity contribution is 0.794. The van der Waals surface area contributed by atoms with E-state index in [0.29, 0.717) is 22.8 Å². The van der Waals surface area contributed by atoms with Crippen LogP contribution >= 0.6 is 11.3 Å². The van der Waals surface area contributed by atoms with Crippen molar-refractivity contribution in [2.45, 2.75) is 13.8 Å². The standard InChI is InChI=1S/C21H14N6OS/c1-11-17(25-24-16-9-5-7-13-6-3-4-8-14(13)16)21(28)27-12(2)19-18(26(11)27)15(10-22)20(23)29-19/h3-9,23H,1-2H3. The number of aromatic nitrogens is 2. The van der Waals surface area contributed by atoms with E-state index in [2.05, 4.69) is 16.3 Å². The number of nitriles is 1. The van der Waals surface area contributed by atoms with Crippen LogP contribution in [0.2, 0.25) is 0 Å². The van der Waals surface area contributed by atoms with Gasteiger partial charge in [-0.1, -0.05) is 36.4 Å². The topological polar surface area (TPSA) is 98.2 Å². The van der Waals surface area contributed by atoms with Gasteiger partial charge in [-0.15, -0.1) is 21.6 Å². The van der Waals surface area contributed by atoms with Crippen molar-refractivity contribution in [2.75, 3.05) is 0 Å². The Morgan fingerprint density at radius 2 is 1.79 bits per heavy atom. The van der Waals surface area contributed by atoms with Gasteiger partial charge in [0.15, 0.2) is 5.69 Å². The summed E-state index contributed by atoms with van der Waals surface area (Å²) in [4.78, 5) is 13.8. The monoisotopic (exact) mass is 398 g/mol. The van der Waals surface area contributed by atoms with Crippen molar-refractivity contribution in [1.29, 1.82) is 10.7 Å². The van der Waals surface area contributed by atoms with Crippen LogP contribution in [0.3, 0.4) is 0 Å². The average Bonchev–Trinajstić information content (AvgIpc) is 3.28. The molecule has 3 aromatic rings. The summed E-state index contributed by atoms with van der Waals surface area (Å²) in [6.45, 7) is 3.59. The second kappa shape index (κ2) is 6.09. The number of hydrogen-bond donors (Lipinski definition) is 1. The molecule has 7 nitrogen and oxygen atoms in total. The molecule has 3 heterocycles. The van der Waals surface area contributed by atoms with Gasteiger partial charge in [-0.2, -0.15) is 5.26 Å². The number of azo groups is 1. The maximum absolute atomic E-state index is 13.1. The molecular weight excluding hydrogens is 384 g/mol. The van der Waals surface area contributed by atoms with Crippen LogP contribution < -0.4 is 10.2 Å². The van der Waals surface area contributed by atoms with Gasteiger partial charge in [-0.05, 0) is 25.3 Å². The third kappa shape index (κ3) is 2.28. The van der Waals surface area contributed by atoms with E-state index < -0.39 is 0 Å². The van der Waals surface area contributed by atoms with E-state index in [1.807, 2.05) is 49.4 Å². The van der Waals surface area contributed by atoms with Crippen molar-refractivity contribution in [3.05, 3.63) is 74.4 Å². The predicted octanol–water partition coefficient (Wildman–Crippen LogP) is 4.54. The SMILES string of the molecule is Cc1c(N=Nc2cccc3ccccc23)c(=O)n2c(C)c3sc(=N)c(C#N)c-3n12. The third-order valence-corrected chi connectivity index (χ3v) is 6.23. The molecule has 0 amide bonds. The minimum absolute atomic E-state index is 0.197. The molecule has 0 bridgehead atoms. The fourth-order valence-electron chi connectivity index (χ4n) is 3.75. The van der Waals surface area contributed by atoms with Gasteiger partial charge < -0.3 is 0 Å². The summed E-state index contributed by atoms with van der Waals surface area (Å²) in [7, 11) is 0. The Kier molecular flexibility index (Phi) is 3.63. The molecule has 2 aromatic carbocycles. The Balaban J connectivity index is 1.76. The lowest BCUT2D eigenvalue weighted by Crippen LogP contribution is -2.10. The van der Waals surface area contributed by atoms with E-state index in [1.165, 1.54) is 15.9 Å². The molecule has 2 aliphatic rings. The smallest absolute Gasteiger partial charge is 0.289 e. The molecule has 29 heavy (non-hydrogen) atoms. The van der Waals surface area contributed by atoms with Crippen LogP contribution in [0.25, 0.3) is 21.3 Å². The molecule has 0 spiro atoms. The van der Waals surface area contributed by atoms with Gasteiger partial charge in [0.25, 0.3) is 5.56 Å². The number of benzene rings is 2. The van der Waals surface area contributed by atoms with Crippen LogP contribution in [0.4, 0.5) is 11.4 Å². The normalized spacial score (nSPS) is 11.9. The van der Waals surface area contributed by atoms with E-state index in [4.69, 9.17) is 5.41 Å². The third-order valence-electron chi connectivity index (χ3n) is 5.13. The van der Waals surface area contributed by atoms with E-state index in [9.17, 15) is 10.1 Å². The molecule has 2 aliphatic heterocycles. The summed E-state index contributed by atoms with van der Waals surface area (Å²) in [6.07, 6.45) is 0. The van der Waals surface area contributed by atoms with Crippen LogP contribution in [0.15, 0.2) is 57.5 Å². The summed E-state index contributed by atoms with van der Waals surface area (Å²) in [6, 6.07) is 15.7. The molecule has 0 radical (unpaired) electrons. The molecule has 0 aliphatic carbocycles. The molecule has 0 saturated carbocycles. The minimum Gasteiger partial charge on any atom is -0.289 e. The summed E-state index contributed by atoms with van der Waals surface area (Å²) < 4.78 is 3.38. The highest BCUT2D eigenvalue weighted by atomic mass is 32.1. The van der Waals surface area contributed by atoms with Crippen LogP contribution in [0.5, 0.6) is 0 Å². The number of thiophene rings is 1. The molecule has 0 saturated heterocycles. The van der Waals surface area contributed by atoms with Gasteiger partial charge in [0.2, 0.25) is 0 Å². The zero-order valence-electron chi connectivity index (χ0n) is 15.6. The van der Waals surface area contributed by atoms with Gasteiger partial charge >= 0.3 is 0 Å². The number of nitrogens with zero attached hydrogens (tertiary/aromatic N) is 5. The zero-order chi connectivity index (χ0) is 20.3. The molecule has 140 valence electrons. The molecule has 8 heteroatoms. The van der Waals surface area contributed by atoms with Crippen LogP contribution in [0.1, 0.15) is 17.0 Å². The summed E-state index contributed by atoms with van der Waals surface area (Å²) in [5, 5.41) is 28.2. The van der Waals surface area contributed by atoms with E-state index in [0.717, 1.165) is 15.6 Å². The molecular formula is C21H14N6OS. The van der Waals surface area contributed by atoms with Gasteiger partial charge in [0, 0.05) is 5.39 Å². The second-order valence-electron chi connectivity index (χ2n) is 6.74. The molecule has 1 aromatic heterocycles. The van der Waals surface area contributed by atoms with E-state index >= 15 is 0 Å². The highest BCUT2D eigenvalue weighted by molar-refractivity contribution is 7.13. The van der Waals surface area contributed by atoms with Gasteiger partial charge in [-0.3, -0.25) is 10.2 Å². The number of rotatable bonds is 2. The Bertz CT molecular complexity index is 1570. The first-order valence-electron chi connectivity index (χ1n) is 8.90. The van der Waals surface area contributed by atoms with Crippen molar-refractivity contribution in [2.24, 2.45) is 10.2 Å². The maximum atomic E-state index is 13.1. The summed E-state index contributed by atoms with van der Waals surface area (Å²) >= 11 is 1.20. The van der Waals surface area contributed by atoms with Gasteiger partial charge in [-0.25, -0.2) is 9.03 Å². The first kappa shape index (κ1) is 17.3. The van der Waals surface area contributed by atoms with E-state index in [1.54, 1.807) is 11.4 Å². The Hall–Kier alpha value is -3.83. The summed E-state index contributed by atoms with van der Waals surface area (Å²) in [5.41, 5.74) is 2.76. The van der Waals surface area contributed by atoms with Crippen LogP contribution in [-0.2, 0) is 0 Å². The van der Waals surface area contributed by atoms with Crippen molar-refractivity contribution in [1.82, 2.24) is 9.03 Å². The quantitative estimate of drug-likeness (QED) is 0.442. The Labute approximate surface area is 168 Å². The molecule has 0 unspecified atom stereocenters. The highest BCUT2D eigenvalue weighted by Gasteiger charge is 2.28. The van der Waals surface area contributed by atoms with Gasteiger partial charge in [0.05, 0.1) is 22.0 Å². The number of nitrogens with one attached hydrogen (secondary N) is 1. The Morgan fingerprint density at radius 1 is 1.03 bits per heavy atom. The number of fused-ring (bicyclic) bond motifs is 4. The summed E-state index contributed by atoms with van der Waals surface area (Å²) in [5.74, 6) is 0. The molecule has 0 fully saturated rings. The Morgan fingerprint density at radius 3 is 2.59 bits per heavy atom. The maximum Gasteiger partial charge on any atom is 0.299 e. The first-order valence-corrected chi connectivity index (χ1v) is 9.72. The minimum atomic E-state index is -0.289. The fourth-order valence-corrected chi connectivity index (χ4v) is 4.72. The van der Waals surface area contributed by atoms with Crippen molar-refractivity contribution < 1.29 is 0 Å². The molecule has 1 N–H and O–H groups in total. The molecule has 0 atom stereocenters.